The van der Waals surface area contributed by atoms with Crippen LogP contribution < -0.4 is 0 Å². The van der Waals surface area contributed by atoms with Gasteiger partial charge in [-0.3, -0.25) is 0 Å². The summed E-state index contributed by atoms with van der Waals surface area (Å²) in [4.78, 5) is 0. The van der Waals surface area contributed by atoms with E-state index in [1.165, 1.54) is 0 Å². The van der Waals surface area contributed by atoms with Gasteiger partial charge in [-0.15, -0.1) is 5.92 Å². The van der Waals surface area contributed by atoms with Gasteiger partial charge in [-0.2, -0.15) is 0 Å². The molecule has 0 amide bonds. The Labute approximate surface area is 147 Å². The predicted molar refractivity (Wildman–Crippen MR) is 94.9 cm³/mol. The van der Waals surface area contributed by atoms with Gasteiger partial charge in [0.05, 0.1) is 6.61 Å². The second kappa shape index (κ2) is 6.38. The molecule has 0 radical (unpaired) electrons. The Bertz CT molecular complexity index is 528. The lowest BCUT2D eigenvalue weighted by molar-refractivity contribution is -0.225. The predicted octanol–water partition coefficient (Wildman–Crippen LogP) is 3.03. The highest BCUT2D eigenvalue weighted by Gasteiger charge is 2.63. The van der Waals surface area contributed by atoms with Crippen LogP contribution in [-0.4, -0.2) is 49.9 Å². The van der Waals surface area contributed by atoms with E-state index in [1.54, 1.807) is 0 Å². The molecule has 2 fully saturated rings. The highest BCUT2D eigenvalue weighted by molar-refractivity contribution is 6.74. The molecule has 0 aromatic carbocycles. The van der Waals surface area contributed by atoms with Crippen molar-refractivity contribution >= 4 is 8.32 Å². The molecule has 2 heterocycles. The first-order chi connectivity index (χ1) is 10.8. The maximum atomic E-state index is 11.2. The first-order valence-electron chi connectivity index (χ1n) is 8.70. The number of ether oxygens (including phenoxy) is 3. The fourth-order valence-corrected chi connectivity index (χ4v) is 3.63. The van der Waals surface area contributed by atoms with E-state index in [-0.39, 0.29) is 11.6 Å². The van der Waals surface area contributed by atoms with Gasteiger partial charge in [0.2, 0.25) is 0 Å². The van der Waals surface area contributed by atoms with Gasteiger partial charge in [0.1, 0.15) is 6.10 Å². The number of rotatable bonds is 3. The topological polar surface area (TPSA) is 57.2 Å². The van der Waals surface area contributed by atoms with Crippen LogP contribution in [0.2, 0.25) is 18.1 Å². The van der Waals surface area contributed by atoms with Gasteiger partial charge in [0, 0.05) is 6.42 Å². The van der Waals surface area contributed by atoms with Gasteiger partial charge in [-0.25, -0.2) is 0 Å². The van der Waals surface area contributed by atoms with Gasteiger partial charge in [0.25, 0.3) is 0 Å². The number of hydrogen-bond donors (Lipinski definition) is 1. The molecule has 2 rings (SSSR count). The van der Waals surface area contributed by atoms with Gasteiger partial charge in [0.15, 0.2) is 32.1 Å². The summed E-state index contributed by atoms with van der Waals surface area (Å²) in [6.07, 6.45) is -1.18. The molecule has 1 N–H and O–H groups in total. The molecule has 0 saturated carbocycles. The lowest BCUT2D eigenvalue weighted by Gasteiger charge is -2.38. The Kier molecular flexibility index (Phi) is 5.29. The van der Waals surface area contributed by atoms with Gasteiger partial charge in [-0.05, 0) is 32.0 Å². The highest BCUT2D eigenvalue weighted by Crippen LogP contribution is 2.44. The molecule has 24 heavy (non-hydrogen) atoms. The van der Waals surface area contributed by atoms with Crippen molar-refractivity contribution in [2.75, 3.05) is 6.61 Å². The fraction of sp³-hybridized carbons (Fsp3) is 0.889. The van der Waals surface area contributed by atoms with Crippen LogP contribution in [0, 0.1) is 11.8 Å². The second-order valence-electron chi connectivity index (χ2n) is 8.60. The Balaban J connectivity index is 2.18. The first kappa shape index (κ1) is 19.9. The zero-order valence-electron chi connectivity index (χ0n) is 16.2. The van der Waals surface area contributed by atoms with Crippen molar-refractivity contribution < 1.29 is 23.7 Å². The fourth-order valence-electron chi connectivity index (χ4n) is 2.62. The van der Waals surface area contributed by atoms with Crippen molar-refractivity contribution in [1.82, 2.24) is 0 Å². The van der Waals surface area contributed by atoms with Crippen molar-refractivity contribution in [2.45, 2.75) is 96.0 Å². The summed E-state index contributed by atoms with van der Waals surface area (Å²) >= 11 is 0. The van der Waals surface area contributed by atoms with Crippen LogP contribution in [0.1, 0.15) is 48.0 Å². The Morgan fingerprint density at radius 3 is 2.38 bits per heavy atom. The summed E-state index contributed by atoms with van der Waals surface area (Å²) in [6, 6.07) is 0. The maximum absolute atomic E-state index is 11.2. The van der Waals surface area contributed by atoms with E-state index in [0.717, 1.165) is 0 Å². The van der Waals surface area contributed by atoms with Crippen LogP contribution in [0.4, 0.5) is 0 Å². The second-order valence-corrected chi connectivity index (χ2v) is 13.4. The molecule has 0 unspecified atom stereocenters. The lowest BCUT2D eigenvalue weighted by Crippen LogP contribution is -2.52. The van der Waals surface area contributed by atoms with Crippen molar-refractivity contribution in [3.8, 4) is 11.8 Å². The van der Waals surface area contributed by atoms with Gasteiger partial charge in [-0.1, -0.05) is 33.6 Å². The quantitative estimate of drug-likeness (QED) is 0.622. The number of fused-ring (bicyclic) bond motifs is 1. The van der Waals surface area contributed by atoms with Crippen LogP contribution in [0.3, 0.4) is 0 Å². The highest BCUT2D eigenvalue weighted by atomic mass is 28.4. The average molecular weight is 357 g/mol. The van der Waals surface area contributed by atoms with Crippen molar-refractivity contribution in [3.05, 3.63) is 0 Å². The largest absolute Gasteiger partial charge is 0.414 e. The number of hydrogen-bond acceptors (Lipinski definition) is 5. The lowest BCUT2D eigenvalue weighted by atomic mass is 9.93. The van der Waals surface area contributed by atoms with E-state index in [4.69, 9.17) is 18.6 Å². The third-order valence-electron chi connectivity index (χ3n) is 5.15. The molecule has 138 valence electrons. The van der Waals surface area contributed by atoms with E-state index >= 15 is 0 Å². The minimum Gasteiger partial charge on any atom is -0.414 e. The zero-order valence-corrected chi connectivity index (χ0v) is 17.2. The number of aliphatic hydroxyl groups is 1. The summed E-state index contributed by atoms with van der Waals surface area (Å²) in [6.45, 7) is 16.7. The standard InChI is InChI=1S/C18H32O5Si/c1-9-10-11-18(19)13(12-20-24(7,8)16(2,3)4)21-15-14(18)22-17(5,6)23-15/h13-15,19H,9,12H2,1-8H3/t13-,14+,15-,18-/m1/s1. The Morgan fingerprint density at radius 1 is 1.21 bits per heavy atom. The van der Waals surface area contributed by atoms with Gasteiger partial charge < -0.3 is 23.7 Å². The smallest absolute Gasteiger partial charge is 0.192 e. The summed E-state index contributed by atoms with van der Waals surface area (Å²) in [5.41, 5.74) is -1.42. The van der Waals surface area contributed by atoms with Crippen molar-refractivity contribution in [3.63, 3.8) is 0 Å². The van der Waals surface area contributed by atoms with Crippen LogP contribution in [0.15, 0.2) is 0 Å². The minimum absolute atomic E-state index is 0.0870. The average Bonchev–Trinajstić information content (AvgIpc) is 2.86. The monoisotopic (exact) mass is 356 g/mol. The Morgan fingerprint density at radius 2 is 1.83 bits per heavy atom. The molecule has 5 nitrogen and oxygen atoms in total. The molecule has 0 spiro atoms. The van der Waals surface area contributed by atoms with Crippen molar-refractivity contribution in [1.29, 1.82) is 0 Å². The van der Waals surface area contributed by atoms with Gasteiger partial charge >= 0.3 is 0 Å². The minimum atomic E-state index is -1.95. The maximum Gasteiger partial charge on any atom is 0.192 e. The van der Waals surface area contributed by atoms with Crippen LogP contribution in [0.5, 0.6) is 0 Å². The molecule has 6 heteroatoms. The van der Waals surface area contributed by atoms with E-state index < -0.39 is 38.2 Å². The summed E-state index contributed by atoms with van der Waals surface area (Å²) < 4.78 is 23.8. The summed E-state index contributed by atoms with van der Waals surface area (Å²) in [7, 11) is -1.95. The third-order valence-corrected chi connectivity index (χ3v) is 9.65. The molecule has 0 aromatic rings. The third kappa shape index (κ3) is 3.72. The molecule has 0 aliphatic carbocycles. The van der Waals surface area contributed by atoms with E-state index in [1.807, 2.05) is 20.8 Å². The zero-order chi connectivity index (χ0) is 18.4. The molecule has 2 saturated heterocycles. The van der Waals surface area contributed by atoms with Crippen LogP contribution in [-0.2, 0) is 18.6 Å². The Hall–Kier alpha value is -0.423. The van der Waals surface area contributed by atoms with Crippen LogP contribution in [0.25, 0.3) is 0 Å². The summed E-state index contributed by atoms with van der Waals surface area (Å²) in [5.74, 6) is 5.13. The molecule has 0 aromatic heterocycles. The van der Waals surface area contributed by atoms with Crippen molar-refractivity contribution in [2.24, 2.45) is 0 Å². The molecular weight excluding hydrogens is 324 g/mol. The normalized spacial score (nSPS) is 35.5. The molecular formula is C18H32O5Si. The van der Waals surface area contributed by atoms with Crippen LogP contribution >= 0.6 is 0 Å². The molecule has 2 aliphatic heterocycles. The SMILES string of the molecule is CCC#C[C@@]1(O)[C@@H](CO[Si](C)(C)C(C)(C)C)O[C@@H]2OC(C)(C)O[C@@H]21. The summed E-state index contributed by atoms with van der Waals surface area (Å²) in [5, 5.41) is 11.3. The van der Waals surface area contributed by atoms with E-state index in [2.05, 4.69) is 45.7 Å². The molecule has 4 atom stereocenters. The molecule has 0 bridgehead atoms. The van der Waals surface area contributed by atoms with E-state index in [0.29, 0.717) is 6.42 Å². The van der Waals surface area contributed by atoms with E-state index in [9.17, 15) is 5.11 Å². The molecule has 2 aliphatic rings. The first-order valence-corrected chi connectivity index (χ1v) is 11.6.